The van der Waals surface area contributed by atoms with Crippen LogP contribution in [0.15, 0.2) is 54.1 Å². The second kappa shape index (κ2) is 11.4. The summed E-state index contributed by atoms with van der Waals surface area (Å²) in [5, 5.41) is 13.8. The zero-order valence-electron chi connectivity index (χ0n) is 17.1. The van der Waals surface area contributed by atoms with E-state index in [0.29, 0.717) is 31.4 Å². The highest BCUT2D eigenvalue weighted by atomic mass is 16.5. The van der Waals surface area contributed by atoms with Gasteiger partial charge in [-0.1, -0.05) is 42.5 Å². The monoisotopic (exact) mass is 411 g/mol. The summed E-state index contributed by atoms with van der Waals surface area (Å²) < 4.78 is 11.6. The molecule has 6 heteroatoms. The van der Waals surface area contributed by atoms with Crippen LogP contribution in [0.1, 0.15) is 38.5 Å². The van der Waals surface area contributed by atoms with E-state index in [9.17, 15) is 9.59 Å². The molecule has 1 saturated heterocycles. The number of carbonyl (C=O) groups excluding carboxylic acids is 1. The van der Waals surface area contributed by atoms with Crippen molar-refractivity contribution in [2.75, 3.05) is 19.8 Å². The Labute approximate surface area is 176 Å². The molecule has 1 aliphatic heterocycles. The summed E-state index contributed by atoms with van der Waals surface area (Å²) in [5.74, 6) is -0.228. The van der Waals surface area contributed by atoms with Crippen LogP contribution < -0.4 is 10.1 Å². The third kappa shape index (κ3) is 6.59. The number of hydrogen-bond acceptors (Lipinski definition) is 4. The van der Waals surface area contributed by atoms with Gasteiger partial charge in [0.2, 0.25) is 5.91 Å². The van der Waals surface area contributed by atoms with Gasteiger partial charge in [0.25, 0.3) is 0 Å². The molecule has 0 aromatic heterocycles. The molecule has 2 aromatic rings. The van der Waals surface area contributed by atoms with Gasteiger partial charge >= 0.3 is 5.97 Å². The number of benzene rings is 2. The lowest BCUT2D eigenvalue weighted by Crippen LogP contribution is -2.34. The second-order valence-corrected chi connectivity index (χ2v) is 7.48. The van der Waals surface area contributed by atoms with Crippen LogP contribution in [0.2, 0.25) is 0 Å². The predicted molar refractivity (Wildman–Crippen MR) is 116 cm³/mol. The summed E-state index contributed by atoms with van der Waals surface area (Å²) in [5.41, 5.74) is 0.552. The number of hydrogen-bond donors (Lipinski definition) is 2. The van der Waals surface area contributed by atoms with Crippen LogP contribution in [0.5, 0.6) is 5.75 Å². The van der Waals surface area contributed by atoms with Crippen LogP contribution in [0.4, 0.5) is 0 Å². The molecule has 2 aromatic carbocycles. The molecule has 0 radical (unpaired) electrons. The zero-order valence-corrected chi connectivity index (χ0v) is 17.1. The van der Waals surface area contributed by atoms with Gasteiger partial charge in [-0.2, -0.15) is 0 Å². The maximum absolute atomic E-state index is 12.7. The van der Waals surface area contributed by atoms with E-state index in [2.05, 4.69) is 5.32 Å². The van der Waals surface area contributed by atoms with Crippen molar-refractivity contribution in [2.24, 2.45) is 0 Å². The Kier molecular flexibility index (Phi) is 8.27. The molecule has 0 saturated carbocycles. The quantitative estimate of drug-likeness (QED) is 0.430. The summed E-state index contributed by atoms with van der Waals surface area (Å²) in [6.07, 6.45) is 5.99. The van der Waals surface area contributed by atoms with Gasteiger partial charge in [0.1, 0.15) is 12.4 Å². The van der Waals surface area contributed by atoms with Crippen LogP contribution in [-0.2, 0) is 14.3 Å². The van der Waals surface area contributed by atoms with Crippen molar-refractivity contribution >= 4 is 22.6 Å². The first-order valence-electron chi connectivity index (χ1n) is 10.5. The Morgan fingerprint density at radius 2 is 2.00 bits per heavy atom. The van der Waals surface area contributed by atoms with Crippen LogP contribution in [0.25, 0.3) is 10.8 Å². The third-order valence-corrected chi connectivity index (χ3v) is 5.17. The van der Waals surface area contributed by atoms with E-state index >= 15 is 0 Å². The fourth-order valence-corrected chi connectivity index (χ4v) is 3.52. The lowest BCUT2D eigenvalue weighted by atomic mass is 10.1. The molecule has 1 aliphatic rings. The largest absolute Gasteiger partial charge is 0.488 e. The smallest absolute Gasteiger partial charge is 0.303 e. The number of carboxylic acid groups (broad SMARTS) is 1. The summed E-state index contributed by atoms with van der Waals surface area (Å²) in [6, 6.07) is 13.8. The maximum atomic E-state index is 12.7. The van der Waals surface area contributed by atoms with E-state index in [1.807, 2.05) is 48.5 Å². The number of carbonyl (C=O) groups is 2. The van der Waals surface area contributed by atoms with Crippen molar-refractivity contribution in [1.29, 1.82) is 0 Å². The van der Waals surface area contributed by atoms with Crippen LogP contribution in [0.3, 0.4) is 0 Å². The zero-order chi connectivity index (χ0) is 21.2. The highest BCUT2D eigenvalue weighted by molar-refractivity contribution is 5.94. The molecule has 1 unspecified atom stereocenters. The van der Waals surface area contributed by atoms with Crippen LogP contribution in [0, 0.1) is 0 Å². The molecule has 30 heavy (non-hydrogen) atoms. The highest BCUT2D eigenvalue weighted by Crippen LogP contribution is 2.25. The van der Waals surface area contributed by atoms with Crippen LogP contribution >= 0.6 is 0 Å². The molecule has 0 bridgehead atoms. The number of nitrogens with one attached hydrogen (secondary N) is 1. The number of allylic oxidation sites excluding steroid dienone is 1. The normalized spacial score (nSPS) is 16.5. The molecule has 3 rings (SSSR count). The fraction of sp³-hybridized carbons (Fsp3) is 0.417. The Morgan fingerprint density at radius 3 is 2.80 bits per heavy atom. The van der Waals surface area contributed by atoms with Crippen molar-refractivity contribution in [1.82, 2.24) is 5.32 Å². The summed E-state index contributed by atoms with van der Waals surface area (Å²) in [6.45, 7) is 1.39. The van der Waals surface area contributed by atoms with E-state index in [0.717, 1.165) is 36.0 Å². The first-order chi connectivity index (χ1) is 14.6. The molecule has 0 spiro atoms. The number of aliphatic carboxylic acids is 1. The minimum absolute atomic E-state index is 0.0738. The molecule has 1 atom stereocenters. The van der Waals surface area contributed by atoms with E-state index < -0.39 is 5.97 Å². The van der Waals surface area contributed by atoms with Gasteiger partial charge in [-0.05, 0) is 43.6 Å². The van der Waals surface area contributed by atoms with Crippen molar-refractivity contribution in [3.8, 4) is 5.75 Å². The van der Waals surface area contributed by atoms with E-state index in [4.69, 9.17) is 14.6 Å². The van der Waals surface area contributed by atoms with Gasteiger partial charge in [-0.3, -0.25) is 9.59 Å². The summed E-state index contributed by atoms with van der Waals surface area (Å²) >= 11 is 0. The number of amides is 1. The van der Waals surface area contributed by atoms with Crippen molar-refractivity contribution < 1.29 is 24.2 Å². The Balaban J connectivity index is 1.62. The van der Waals surface area contributed by atoms with Crippen LogP contribution in [-0.4, -0.2) is 42.8 Å². The Bertz CT molecular complexity index is 881. The average molecular weight is 411 g/mol. The fourth-order valence-electron chi connectivity index (χ4n) is 3.52. The maximum Gasteiger partial charge on any atom is 0.303 e. The highest BCUT2D eigenvalue weighted by Gasteiger charge is 2.18. The average Bonchev–Trinajstić information content (AvgIpc) is 3.27. The Hall–Kier alpha value is -2.86. The first-order valence-corrected chi connectivity index (χ1v) is 10.5. The summed E-state index contributed by atoms with van der Waals surface area (Å²) in [4.78, 5) is 23.4. The molecular weight excluding hydrogens is 382 g/mol. The molecule has 1 amide bonds. The topological polar surface area (TPSA) is 84.9 Å². The summed E-state index contributed by atoms with van der Waals surface area (Å²) in [7, 11) is 0. The lowest BCUT2D eigenvalue weighted by molar-refractivity contribution is -0.137. The van der Waals surface area contributed by atoms with Gasteiger partial charge < -0.3 is 19.9 Å². The van der Waals surface area contributed by atoms with E-state index in [1.54, 1.807) is 0 Å². The van der Waals surface area contributed by atoms with E-state index in [-0.39, 0.29) is 25.0 Å². The SMILES string of the molecule is O=C(O)CCCC/C=C(\COc1cccc2ccccc12)C(=O)NCC1CCCO1. The number of carboxylic acids is 1. The molecule has 160 valence electrons. The number of fused-ring (bicyclic) bond motifs is 1. The minimum atomic E-state index is -0.798. The van der Waals surface area contributed by atoms with Crippen molar-refractivity contribution in [3.63, 3.8) is 0 Å². The molecule has 0 aliphatic carbocycles. The van der Waals surface area contributed by atoms with Gasteiger partial charge in [0.15, 0.2) is 0 Å². The van der Waals surface area contributed by atoms with Gasteiger partial charge in [-0.25, -0.2) is 0 Å². The number of unbranched alkanes of at least 4 members (excludes halogenated alkanes) is 2. The minimum Gasteiger partial charge on any atom is -0.488 e. The molecule has 1 fully saturated rings. The van der Waals surface area contributed by atoms with E-state index in [1.165, 1.54) is 0 Å². The predicted octanol–water partition coefficient (Wildman–Crippen LogP) is 4.09. The Morgan fingerprint density at radius 1 is 1.17 bits per heavy atom. The molecule has 6 nitrogen and oxygen atoms in total. The third-order valence-electron chi connectivity index (χ3n) is 5.17. The number of rotatable bonds is 11. The second-order valence-electron chi connectivity index (χ2n) is 7.48. The lowest BCUT2D eigenvalue weighted by Gasteiger charge is -2.14. The molecular formula is C24H29NO5. The van der Waals surface area contributed by atoms with Gasteiger partial charge in [0, 0.05) is 25.0 Å². The standard InChI is InChI=1S/C24H29NO5/c26-23(27)14-3-1-2-9-19(24(28)25-16-20-11-7-15-29-20)17-30-22-13-6-10-18-8-4-5-12-21(18)22/h4-6,8-10,12-13,20H,1-3,7,11,14-17H2,(H,25,28)(H,26,27)/b19-9+. The number of ether oxygens (including phenoxy) is 2. The van der Waals surface area contributed by atoms with Crippen molar-refractivity contribution in [3.05, 3.63) is 54.1 Å². The van der Waals surface area contributed by atoms with Crippen molar-refractivity contribution in [2.45, 2.75) is 44.6 Å². The molecule has 2 N–H and O–H groups in total. The molecule has 1 heterocycles. The van der Waals surface area contributed by atoms with Gasteiger partial charge in [0.05, 0.1) is 11.7 Å². The first kappa shape index (κ1) is 21.8. The van der Waals surface area contributed by atoms with Gasteiger partial charge in [-0.15, -0.1) is 0 Å².